The number of methoxy groups -OCH3 is 1. The summed E-state index contributed by atoms with van der Waals surface area (Å²) in [6.45, 7) is 6.59. The standard InChI is InChI=1S/C18H23NO2/c1-12-5-6-18(21-4)16(10-12)17(20)11-19-15-8-13(2)7-14(3)9-15/h5-10,17,19-20H,11H2,1-4H3. The molecule has 0 aliphatic carbocycles. The van der Waals surface area contributed by atoms with E-state index in [9.17, 15) is 5.11 Å². The molecule has 3 heteroatoms. The molecule has 0 bridgehead atoms. The Bertz CT molecular complexity index is 602. The third kappa shape index (κ3) is 3.99. The minimum Gasteiger partial charge on any atom is -0.496 e. The van der Waals surface area contributed by atoms with Gasteiger partial charge in [-0.05, 0) is 56.2 Å². The summed E-state index contributed by atoms with van der Waals surface area (Å²) in [5.74, 6) is 0.718. The van der Waals surface area contributed by atoms with Gasteiger partial charge in [0.25, 0.3) is 0 Å². The van der Waals surface area contributed by atoms with Gasteiger partial charge in [-0.2, -0.15) is 0 Å². The van der Waals surface area contributed by atoms with E-state index in [1.807, 2.05) is 25.1 Å². The first-order valence-electron chi connectivity index (χ1n) is 7.14. The number of hydrogen-bond donors (Lipinski definition) is 2. The Morgan fingerprint density at radius 1 is 1.00 bits per heavy atom. The second-order valence-corrected chi connectivity index (χ2v) is 5.52. The number of hydrogen-bond acceptors (Lipinski definition) is 3. The molecular formula is C18H23NO2. The molecular weight excluding hydrogens is 262 g/mol. The summed E-state index contributed by atoms with van der Waals surface area (Å²) in [5, 5.41) is 13.7. The topological polar surface area (TPSA) is 41.5 Å². The summed E-state index contributed by atoms with van der Waals surface area (Å²) < 4.78 is 5.32. The zero-order chi connectivity index (χ0) is 15.4. The van der Waals surface area contributed by atoms with Crippen LogP contribution in [0.4, 0.5) is 5.69 Å². The van der Waals surface area contributed by atoms with Gasteiger partial charge in [0.05, 0.1) is 13.2 Å². The van der Waals surface area contributed by atoms with Gasteiger partial charge >= 0.3 is 0 Å². The number of ether oxygens (including phenoxy) is 1. The van der Waals surface area contributed by atoms with Crippen LogP contribution in [0.1, 0.15) is 28.4 Å². The average Bonchev–Trinajstić information content (AvgIpc) is 2.43. The molecule has 2 aromatic carbocycles. The number of aliphatic hydroxyl groups excluding tert-OH is 1. The van der Waals surface area contributed by atoms with Crippen LogP contribution in [0.15, 0.2) is 36.4 Å². The van der Waals surface area contributed by atoms with Gasteiger partial charge in [-0.3, -0.25) is 0 Å². The monoisotopic (exact) mass is 285 g/mol. The molecule has 112 valence electrons. The predicted octanol–water partition coefficient (Wildman–Crippen LogP) is 3.77. The third-order valence-electron chi connectivity index (χ3n) is 3.47. The minimum atomic E-state index is -0.610. The number of aliphatic hydroxyl groups is 1. The van der Waals surface area contributed by atoms with Crippen molar-refractivity contribution in [2.24, 2.45) is 0 Å². The van der Waals surface area contributed by atoms with E-state index in [1.54, 1.807) is 7.11 Å². The number of anilines is 1. The largest absolute Gasteiger partial charge is 0.496 e. The Morgan fingerprint density at radius 2 is 1.67 bits per heavy atom. The van der Waals surface area contributed by atoms with Crippen molar-refractivity contribution < 1.29 is 9.84 Å². The van der Waals surface area contributed by atoms with E-state index in [1.165, 1.54) is 11.1 Å². The van der Waals surface area contributed by atoms with Crippen LogP contribution in [0.3, 0.4) is 0 Å². The van der Waals surface area contributed by atoms with E-state index in [-0.39, 0.29) is 0 Å². The van der Waals surface area contributed by atoms with Crippen LogP contribution in [0, 0.1) is 20.8 Å². The number of benzene rings is 2. The second kappa shape index (κ2) is 6.64. The van der Waals surface area contributed by atoms with Crippen LogP contribution in [-0.2, 0) is 0 Å². The van der Waals surface area contributed by atoms with E-state index in [2.05, 4.69) is 37.4 Å². The molecule has 2 N–H and O–H groups in total. The van der Waals surface area contributed by atoms with Crippen molar-refractivity contribution >= 4 is 5.69 Å². The van der Waals surface area contributed by atoms with Crippen molar-refractivity contribution in [3.05, 3.63) is 58.7 Å². The van der Waals surface area contributed by atoms with Crippen molar-refractivity contribution in [2.75, 3.05) is 19.0 Å². The molecule has 3 nitrogen and oxygen atoms in total. The summed E-state index contributed by atoms with van der Waals surface area (Å²) >= 11 is 0. The maximum absolute atomic E-state index is 10.4. The number of aryl methyl sites for hydroxylation is 3. The van der Waals surface area contributed by atoms with Crippen LogP contribution < -0.4 is 10.1 Å². The summed E-state index contributed by atoms with van der Waals surface area (Å²) in [4.78, 5) is 0. The first kappa shape index (κ1) is 15.4. The second-order valence-electron chi connectivity index (χ2n) is 5.52. The van der Waals surface area contributed by atoms with Gasteiger partial charge in [-0.25, -0.2) is 0 Å². The van der Waals surface area contributed by atoms with Gasteiger partial charge < -0.3 is 15.2 Å². The molecule has 1 unspecified atom stereocenters. The van der Waals surface area contributed by atoms with Crippen molar-refractivity contribution in [1.82, 2.24) is 0 Å². The molecule has 2 rings (SSSR count). The minimum absolute atomic E-state index is 0.447. The lowest BCUT2D eigenvalue weighted by Crippen LogP contribution is -2.13. The fraction of sp³-hybridized carbons (Fsp3) is 0.333. The highest BCUT2D eigenvalue weighted by Crippen LogP contribution is 2.26. The first-order chi connectivity index (χ1) is 9.99. The Hall–Kier alpha value is -2.00. The van der Waals surface area contributed by atoms with Gasteiger partial charge in [0.15, 0.2) is 0 Å². The lowest BCUT2D eigenvalue weighted by molar-refractivity contribution is 0.187. The van der Waals surface area contributed by atoms with Crippen molar-refractivity contribution in [3.8, 4) is 5.75 Å². The molecule has 0 fully saturated rings. The predicted molar refractivity (Wildman–Crippen MR) is 87.1 cm³/mol. The number of rotatable bonds is 5. The molecule has 0 aliphatic rings. The highest BCUT2D eigenvalue weighted by molar-refractivity contribution is 5.49. The molecule has 1 atom stereocenters. The van der Waals surface area contributed by atoms with Crippen molar-refractivity contribution in [1.29, 1.82) is 0 Å². The molecule has 0 spiro atoms. The summed E-state index contributed by atoms with van der Waals surface area (Å²) in [7, 11) is 1.62. The van der Waals surface area contributed by atoms with Crippen LogP contribution in [0.25, 0.3) is 0 Å². The number of nitrogens with one attached hydrogen (secondary N) is 1. The zero-order valence-corrected chi connectivity index (χ0v) is 13.1. The van der Waals surface area contributed by atoms with E-state index < -0.39 is 6.10 Å². The first-order valence-corrected chi connectivity index (χ1v) is 7.14. The summed E-state index contributed by atoms with van der Waals surface area (Å²) in [6, 6.07) is 12.1. The Balaban J connectivity index is 2.11. The highest BCUT2D eigenvalue weighted by Gasteiger charge is 2.13. The smallest absolute Gasteiger partial charge is 0.124 e. The quantitative estimate of drug-likeness (QED) is 0.878. The fourth-order valence-corrected chi connectivity index (χ4v) is 2.52. The van der Waals surface area contributed by atoms with Gasteiger partial charge in [0, 0.05) is 17.8 Å². The van der Waals surface area contributed by atoms with Crippen molar-refractivity contribution in [2.45, 2.75) is 26.9 Å². The normalized spacial score (nSPS) is 12.0. The summed E-state index contributed by atoms with van der Waals surface area (Å²) in [5.41, 5.74) is 5.36. The molecule has 21 heavy (non-hydrogen) atoms. The Kier molecular flexibility index (Phi) is 4.86. The van der Waals surface area contributed by atoms with Gasteiger partial charge in [-0.15, -0.1) is 0 Å². The molecule has 0 radical (unpaired) electrons. The van der Waals surface area contributed by atoms with Crippen LogP contribution >= 0.6 is 0 Å². The molecule has 0 saturated heterocycles. The molecule has 0 saturated carbocycles. The molecule has 0 heterocycles. The van der Waals surface area contributed by atoms with Gasteiger partial charge in [0.2, 0.25) is 0 Å². The highest BCUT2D eigenvalue weighted by atomic mass is 16.5. The Morgan fingerprint density at radius 3 is 2.29 bits per heavy atom. The SMILES string of the molecule is COc1ccc(C)cc1C(O)CNc1cc(C)cc(C)c1. The van der Waals surface area contributed by atoms with Crippen LogP contribution in [-0.4, -0.2) is 18.8 Å². The van der Waals surface area contributed by atoms with Crippen LogP contribution in [0.2, 0.25) is 0 Å². The molecule has 0 aliphatic heterocycles. The van der Waals surface area contributed by atoms with E-state index >= 15 is 0 Å². The van der Waals surface area contributed by atoms with E-state index in [4.69, 9.17) is 4.74 Å². The maximum Gasteiger partial charge on any atom is 0.124 e. The molecule has 0 aromatic heterocycles. The summed E-state index contributed by atoms with van der Waals surface area (Å²) in [6.07, 6.45) is -0.610. The fourth-order valence-electron chi connectivity index (χ4n) is 2.52. The maximum atomic E-state index is 10.4. The van der Waals surface area contributed by atoms with Crippen molar-refractivity contribution in [3.63, 3.8) is 0 Å². The average molecular weight is 285 g/mol. The lowest BCUT2D eigenvalue weighted by atomic mass is 10.0. The zero-order valence-electron chi connectivity index (χ0n) is 13.1. The van der Waals surface area contributed by atoms with Gasteiger partial charge in [0.1, 0.15) is 5.75 Å². The Labute approximate surface area is 126 Å². The third-order valence-corrected chi connectivity index (χ3v) is 3.47. The van der Waals surface area contributed by atoms with Crippen LogP contribution in [0.5, 0.6) is 5.75 Å². The van der Waals surface area contributed by atoms with E-state index in [0.29, 0.717) is 6.54 Å². The lowest BCUT2D eigenvalue weighted by Gasteiger charge is -2.17. The van der Waals surface area contributed by atoms with Gasteiger partial charge in [-0.1, -0.05) is 17.7 Å². The molecule has 0 amide bonds. The molecule has 2 aromatic rings. The van der Waals surface area contributed by atoms with E-state index in [0.717, 1.165) is 22.6 Å².